The van der Waals surface area contributed by atoms with Gasteiger partial charge in [-0.1, -0.05) is 0 Å². The third kappa shape index (κ3) is 4.35. The molecule has 0 saturated heterocycles. The van der Waals surface area contributed by atoms with E-state index in [1.807, 2.05) is 12.1 Å². The van der Waals surface area contributed by atoms with Gasteiger partial charge >= 0.3 is 0 Å². The lowest BCUT2D eigenvalue weighted by Crippen LogP contribution is -2.56. The Morgan fingerprint density at radius 3 is 2.34 bits per heavy atom. The molecule has 0 heterocycles. The van der Waals surface area contributed by atoms with Crippen LogP contribution < -0.4 is 10.1 Å². The van der Waals surface area contributed by atoms with Crippen LogP contribution in [0.25, 0.3) is 0 Å². The third-order valence-electron chi connectivity index (χ3n) is 7.56. The van der Waals surface area contributed by atoms with Gasteiger partial charge in [0.2, 0.25) is 5.91 Å². The molecule has 5 heteroatoms. The second-order valence-electron chi connectivity index (χ2n) is 9.64. The summed E-state index contributed by atoms with van der Waals surface area (Å²) in [6.07, 6.45) is 8.21. The number of carbonyl (C=O) groups excluding carboxylic acids is 2. The van der Waals surface area contributed by atoms with Crippen LogP contribution in [0.3, 0.4) is 0 Å². The van der Waals surface area contributed by atoms with Crippen LogP contribution in [0.1, 0.15) is 68.3 Å². The maximum Gasteiger partial charge on any atom is 0.230 e. The molecule has 4 nitrogen and oxygen atoms in total. The van der Waals surface area contributed by atoms with Gasteiger partial charge in [-0.15, -0.1) is 11.8 Å². The lowest BCUT2D eigenvalue weighted by atomic mass is 9.48. The van der Waals surface area contributed by atoms with Gasteiger partial charge in [0.1, 0.15) is 5.75 Å². The standard InChI is InChI=1S/C24H33NO3S/c1-15(26)20-4-5-22(28-3)21(9-20)13-29-14-23(27)25-16(2)24-10-17-6-18(11-24)8-19(7-17)12-24/h4-5,9,16-19H,6-8,10-14H2,1-3H3,(H,25,27)/t16-,17?,18?,19?,24?/m0/s1. The Kier molecular flexibility index (Phi) is 5.97. The minimum Gasteiger partial charge on any atom is -0.496 e. The minimum atomic E-state index is 0.0426. The average Bonchev–Trinajstić information content (AvgIpc) is 2.66. The summed E-state index contributed by atoms with van der Waals surface area (Å²) in [5.41, 5.74) is 1.99. The molecule has 4 aliphatic rings. The van der Waals surface area contributed by atoms with E-state index in [4.69, 9.17) is 4.74 Å². The van der Waals surface area contributed by atoms with Gasteiger partial charge in [0.25, 0.3) is 0 Å². The van der Waals surface area contributed by atoms with Crippen molar-refractivity contribution < 1.29 is 14.3 Å². The number of carbonyl (C=O) groups is 2. The zero-order valence-corrected chi connectivity index (χ0v) is 18.6. The number of rotatable bonds is 8. The molecular weight excluding hydrogens is 382 g/mol. The normalized spacial score (nSPS) is 30.8. The van der Waals surface area contributed by atoms with E-state index in [1.165, 1.54) is 38.5 Å². The van der Waals surface area contributed by atoms with Gasteiger partial charge in [-0.25, -0.2) is 0 Å². The van der Waals surface area contributed by atoms with Crippen molar-refractivity contribution >= 4 is 23.5 Å². The fourth-order valence-corrected chi connectivity index (χ4v) is 7.32. The number of nitrogens with one attached hydrogen (secondary N) is 1. The topological polar surface area (TPSA) is 55.4 Å². The average molecular weight is 416 g/mol. The van der Waals surface area contributed by atoms with Crippen LogP contribution >= 0.6 is 11.8 Å². The highest BCUT2D eigenvalue weighted by atomic mass is 32.2. The predicted octanol–water partition coefficient (Wildman–Crippen LogP) is 4.85. The van der Waals surface area contributed by atoms with Crippen molar-refractivity contribution in [3.8, 4) is 5.75 Å². The number of hydrogen-bond acceptors (Lipinski definition) is 4. The van der Waals surface area contributed by atoms with Crippen molar-refractivity contribution in [3.05, 3.63) is 29.3 Å². The SMILES string of the molecule is COc1ccc(C(C)=O)cc1CSCC(=O)N[C@@H](C)C12CC3CC(CC(C3)C1)C2. The monoisotopic (exact) mass is 415 g/mol. The molecule has 0 radical (unpaired) electrons. The van der Waals surface area contributed by atoms with E-state index in [0.29, 0.717) is 22.5 Å². The highest BCUT2D eigenvalue weighted by molar-refractivity contribution is 7.99. The third-order valence-corrected chi connectivity index (χ3v) is 8.54. The molecule has 158 valence electrons. The van der Waals surface area contributed by atoms with Crippen molar-refractivity contribution in [3.63, 3.8) is 0 Å². The number of ketones is 1. The summed E-state index contributed by atoms with van der Waals surface area (Å²) in [7, 11) is 1.64. The van der Waals surface area contributed by atoms with E-state index in [9.17, 15) is 9.59 Å². The molecule has 4 saturated carbocycles. The first kappa shape index (κ1) is 20.8. The molecule has 5 rings (SSSR count). The molecule has 1 aromatic carbocycles. The Bertz CT molecular complexity index is 755. The second kappa shape index (κ2) is 8.33. The minimum absolute atomic E-state index is 0.0426. The molecule has 1 aromatic rings. The molecule has 0 aromatic heterocycles. The maximum atomic E-state index is 12.6. The van der Waals surface area contributed by atoms with Crippen molar-refractivity contribution in [1.82, 2.24) is 5.32 Å². The number of ether oxygens (including phenoxy) is 1. The van der Waals surface area contributed by atoms with Crippen LogP contribution in [0.5, 0.6) is 5.75 Å². The van der Waals surface area contributed by atoms with E-state index in [-0.39, 0.29) is 17.7 Å². The van der Waals surface area contributed by atoms with Crippen molar-refractivity contribution in [2.75, 3.05) is 12.9 Å². The molecule has 0 aliphatic heterocycles. The van der Waals surface area contributed by atoms with Gasteiger partial charge in [0, 0.05) is 22.9 Å². The van der Waals surface area contributed by atoms with Crippen LogP contribution in [0, 0.1) is 23.2 Å². The number of Topliss-reactive ketones (excluding diaryl/α,β-unsaturated/α-hetero) is 1. The van der Waals surface area contributed by atoms with E-state index >= 15 is 0 Å². The van der Waals surface area contributed by atoms with Crippen LogP contribution in [-0.4, -0.2) is 30.6 Å². The fourth-order valence-electron chi connectivity index (χ4n) is 6.51. The van der Waals surface area contributed by atoms with E-state index < -0.39 is 0 Å². The zero-order chi connectivity index (χ0) is 20.6. The van der Waals surface area contributed by atoms with Gasteiger partial charge in [-0.05, 0) is 93.7 Å². The molecule has 29 heavy (non-hydrogen) atoms. The Labute approximate surface area is 178 Å². The number of thioether (sulfide) groups is 1. The van der Waals surface area contributed by atoms with E-state index in [1.54, 1.807) is 31.9 Å². The highest BCUT2D eigenvalue weighted by Gasteiger charge is 2.53. The van der Waals surface area contributed by atoms with Gasteiger partial charge in [0.05, 0.1) is 12.9 Å². The molecule has 4 fully saturated rings. The van der Waals surface area contributed by atoms with E-state index in [2.05, 4.69) is 12.2 Å². The maximum absolute atomic E-state index is 12.6. The molecule has 4 bridgehead atoms. The number of amides is 1. The Morgan fingerprint density at radius 1 is 1.17 bits per heavy atom. The largest absolute Gasteiger partial charge is 0.496 e. The zero-order valence-electron chi connectivity index (χ0n) is 17.8. The molecule has 1 N–H and O–H groups in total. The first-order valence-electron chi connectivity index (χ1n) is 10.9. The summed E-state index contributed by atoms with van der Waals surface area (Å²) in [6.45, 7) is 3.80. The quantitative estimate of drug-likeness (QED) is 0.617. The molecular formula is C24H33NO3S. The molecule has 1 atom stereocenters. The number of methoxy groups -OCH3 is 1. The van der Waals surface area contributed by atoms with Crippen molar-refractivity contribution in [2.45, 2.75) is 64.2 Å². The van der Waals surface area contributed by atoms with Crippen LogP contribution in [-0.2, 0) is 10.5 Å². The van der Waals surface area contributed by atoms with Gasteiger partial charge in [0.15, 0.2) is 5.78 Å². The lowest BCUT2D eigenvalue weighted by molar-refractivity contribution is -0.123. The summed E-state index contributed by atoms with van der Waals surface area (Å²) in [4.78, 5) is 24.3. The van der Waals surface area contributed by atoms with Gasteiger partial charge < -0.3 is 10.1 Å². The Hall–Kier alpha value is -1.49. The predicted molar refractivity (Wildman–Crippen MR) is 117 cm³/mol. The summed E-state index contributed by atoms with van der Waals surface area (Å²) >= 11 is 1.58. The van der Waals surface area contributed by atoms with Crippen molar-refractivity contribution in [2.24, 2.45) is 23.2 Å². The summed E-state index contributed by atoms with van der Waals surface area (Å²) in [5.74, 6) is 4.72. The van der Waals surface area contributed by atoms with Crippen molar-refractivity contribution in [1.29, 1.82) is 0 Å². The number of hydrogen-bond donors (Lipinski definition) is 1. The van der Waals surface area contributed by atoms with Crippen LogP contribution in [0.4, 0.5) is 0 Å². The van der Waals surface area contributed by atoms with Gasteiger partial charge in [-0.2, -0.15) is 0 Å². The van der Waals surface area contributed by atoms with Gasteiger partial charge in [-0.3, -0.25) is 9.59 Å². The first-order valence-corrected chi connectivity index (χ1v) is 12.1. The Morgan fingerprint density at radius 2 is 1.79 bits per heavy atom. The Balaban J connectivity index is 1.31. The van der Waals surface area contributed by atoms with E-state index in [0.717, 1.165) is 29.1 Å². The molecule has 0 spiro atoms. The summed E-state index contributed by atoms with van der Waals surface area (Å²) in [6, 6.07) is 5.76. The molecule has 1 amide bonds. The van der Waals surface area contributed by atoms with Crippen LogP contribution in [0.15, 0.2) is 18.2 Å². The molecule has 4 aliphatic carbocycles. The summed E-state index contributed by atoms with van der Waals surface area (Å²) < 4.78 is 5.41. The number of benzene rings is 1. The first-order chi connectivity index (χ1) is 13.9. The highest BCUT2D eigenvalue weighted by Crippen LogP contribution is 2.61. The lowest BCUT2D eigenvalue weighted by Gasteiger charge is -2.59. The molecule has 0 unspecified atom stereocenters. The summed E-state index contributed by atoms with van der Waals surface area (Å²) in [5, 5.41) is 3.34. The fraction of sp³-hybridized carbons (Fsp3) is 0.667. The smallest absolute Gasteiger partial charge is 0.230 e. The van der Waals surface area contributed by atoms with Crippen LogP contribution in [0.2, 0.25) is 0 Å². The second-order valence-corrected chi connectivity index (χ2v) is 10.6.